The number of nitrogens with one attached hydrogen (secondary N) is 2. The van der Waals surface area contributed by atoms with Crippen LogP contribution < -0.4 is 10.6 Å². The summed E-state index contributed by atoms with van der Waals surface area (Å²) >= 11 is 0. The molecule has 1 aliphatic rings. The Morgan fingerprint density at radius 1 is 0.935 bits per heavy atom. The first-order valence-corrected chi connectivity index (χ1v) is 10.1. The Labute approximate surface area is 180 Å². The summed E-state index contributed by atoms with van der Waals surface area (Å²) in [6.07, 6.45) is 1.01. The quantitative estimate of drug-likeness (QED) is 0.450. The molecule has 2 aromatic carbocycles. The average molecular weight is 420 g/mol. The van der Waals surface area contributed by atoms with E-state index in [1.807, 2.05) is 30.2 Å². The molecule has 0 saturated carbocycles. The number of carbonyl (C=O) groups excluding carboxylic acids is 2. The number of carboxylic acid groups (broad SMARTS) is 1. The van der Waals surface area contributed by atoms with E-state index >= 15 is 0 Å². The fourth-order valence-corrected chi connectivity index (χ4v) is 3.60. The molecular weight excluding hydrogens is 396 g/mol. The molecule has 0 unspecified atom stereocenters. The molecule has 0 aliphatic heterocycles. The maximum atomic E-state index is 12.1. The first-order valence-electron chi connectivity index (χ1n) is 10.1. The van der Waals surface area contributed by atoms with Crippen LogP contribution in [-0.2, 0) is 14.3 Å². The van der Waals surface area contributed by atoms with Gasteiger partial charge in [-0.2, -0.15) is 0 Å². The van der Waals surface area contributed by atoms with Crippen LogP contribution >= 0.6 is 0 Å². The number of hydrogen-bond donors (Lipinski definition) is 3. The minimum atomic E-state index is -1.23. The molecule has 0 radical (unpaired) electrons. The highest BCUT2D eigenvalue weighted by Crippen LogP contribution is 2.44. The summed E-state index contributed by atoms with van der Waals surface area (Å²) in [6.45, 7) is 0.672. The molecule has 0 spiro atoms. The molecule has 3 rings (SSSR count). The van der Waals surface area contributed by atoms with Crippen LogP contribution in [0.5, 0.6) is 0 Å². The van der Waals surface area contributed by atoms with E-state index in [1.165, 1.54) is 11.1 Å². The minimum Gasteiger partial charge on any atom is -0.472 e. The van der Waals surface area contributed by atoms with Crippen molar-refractivity contribution < 1.29 is 24.2 Å². The van der Waals surface area contributed by atoms with Crippen LogP contribution in [0.15, 0.2) is 48.5 Å². The third-order valence-corrected chi connectivity index (χ3v) is 5.01. The molecule has 0 heterocycles. The molecule has 0 saturated heterocycles. The Hall–Kier alpha value is -3.79. The van der Waals surface area contributed by atoms with Crippen LogP contribution in [0.2, 0.25) is 0 Å². The largest absolute Gasteiger partial charge is 0.472 e. The lowest BCUT2D eigenvalue weighted by Crippen LogP contribution is -2.27. The minimum absolute atomic E-state index is 0.00311. The lowest BCUT2D eigenvalue weighted by Gasteiger charge is -2.14. The zero-order valence-electron chi connectivity index (χ0n) is 17.0. The van der Waals surface area contributed by atoms with E-state index in [0.29, 0.717) is 19.4 Å². The smallest absolute Gasteiger partial charge is 0.407 e. The van der Waals surface area contributed by atoms with Gasteiger partial charge in [-0.1, -0.05) is 54.5 Å². The van der Waals surface area contributed by atoms with Gasteiger partial charge in [-0.15, -0.1) is 0 Å². The molecule has 2 aromatic rings. The van der Waals surface area contributed by atoms with Crippen LogP contribution in [0, 0.1) is 11.8 Å². The highest BCUT2D eigenvalue weighted by molar-refractivity contribution is 5.86. The Balaban J connectivity index is 1.36. The second kappa shape index (κ2) is 10.8. The number of amides is 2. The van der Waals surface area contributed by atoms with Gasteiger partial charge in [0.15, 0.2) is 0 Å². The molecule has 2 amide bonds. The molecule has 1 aliphatic carbocycles. The van der Waals surface area contributed by atoms with E-state index in [0.717, 1.165) is 11.1 Å². The molecule has 0 fully saturated rings. The van der Waals surface area contributed by atoms with Gasteiger partial charge >= 0.3 is 12.1 Å². The van der Waals surface area contributed by atoms with Crippen LogP contribution in [0.4, 0.5) is 4.79 Å². The summed E-state index contributed by atoms with van der Waals surface area (Å²) in [5, 5.41) is 13.6. The third kappa shape index (κ3) is 6.09. The number of fused-ring (bicyclic) bond motifs is 3. The molecule has 7 heteroatoms. The number of carboxylic acids is 1. The van der Waals surface area contributed by atoms with Crippen LogP contribution in [-0.4, -0.2) is 42.8 Å². The Kier molecular flexibility index (Phi) is 7.66. The van der Waals surface area contributed by atoms with E-state index in [9.17, 15) is 14.4 Å². The Bertz CT molecular complexity index is 976. The van der Waals surface area contributed by atoms with E-state index in [2.05, 4.69) is 40.8 Å². The van der Waals surface area contributed by atoms with Gasteiger partial charge in [0.05, 0.1) is 6.54 Å². The maximum absolute atomic E-state index is 12.1. The number of hydrogen-bond acceptors (Lipinski definition) is 4. The number of ether oxygens (including phenoxy) is 1. The van der Waals surface area contributed by atoms with E-state index in [-0.39, 0.29) is 31.4 Å². The normalized spacial score (nSPS) is 11.5. The van der Waals surface area contributed by atoms with Crippen molar-refractivity contribution in [3.05, 3.63) is 59.7 Å². The molecule has 31 heavy (non-hydrogen) atoms. The first-order chi connectivity index (χ1) is 15.1. The van der Waals surface area contributed by atoms with Crippen molar-refractivity contribution >= 4 is 18.0 Å². The standard InChI is InChI=1S/C24H24N2O5/c27-22(25-15-7-13-23(28)29)12-5-6-14-26-24(30)31-16-21-19-10-3-1-8-17(19)18-9-2-4-11-20(18)21/h1-4,8-11,21H,5-6,12,14-16H2,(H,25,27)(H,26,30)(H,28,29). The highest BCUT2D eigenvalue weighted by Gasteiger charge is 2.28. The number of rotatable bonds is 8. The fraction of sp³-hybridized carbons (Fsp3) is 0.292. The van der Waals surface area contributed by atoms with E-state index in [4.69, 9.17) is 9.84 Å². The Morgan fingerprint density at radius 2 is 1.58 bits per heavy atom. The van der Waals surface area contributed by atoms with Gasteiger partial charge in [0.25, 0.3) is 0 Å². The lowest BCUT2D eigenvalue weighted by molar-refractivity contribution is -0.130. The zero-order valence-corrected chi connectivity index (χ0v) is 17.0. The predicted molar refractivity (Wildman–Crippen MR) is 115 cm³/mol. The second-order valence-corrected chi connectivity index (χ2v) is 7.09. The average Bonchev–Trinajstić information content (AvgIpc) is 3.09. The Morgan fingerprint density at radius 3 is 2.23 bits per heavy atom. The molecule has 0 atom stereocenters. The lowest BCUT2D eigenvalue weighted by atomic mass is 9.98. The fourth-order valence-electron chi connectivity index (χ4n) is 3.60. The number of carbonyl (C=O) groups is 3. The zero-order chi connectivity index (χ0) is 22.1. The van der Waals surface area contributed by atoms with Crippen molar-refractivity contribution in [1.29, 1.82) is 0 Å². The van der Waals surface area contributed by atoms with Crippen molar-refractivity contribution in [1.82, 2.24) is 10.6 Å². The molecule has 3 N–H and O–H groups in total. The maximum Gasteiger partial charge on any atom is 0.407 e. The van der Waals surface area contributed by atoms with Crippen molar-refractivity contribution in [3.63, 3.8) is 0 Å². The summed E-state index contributed by atoms with van der Waals surface area (Å²) in [4.78, 5) is 33.9. The summed E-state index contributed by atoms with van der Waals surface area (Å²) in [5.41, 5.74) is 4.68. The molecular formula is C24H24N2O5. The van der Waals surface area contributed by atoms with Gasteiger partial charge in [0.2, 0.25) is 5.91 Å². The molecule has 7 nitrogen and oxygen atoms in total. The van der Waals surface area contributed by atoms with E-state index < -0.39 is 12.1 Å². The van der Waals surface area contributed by atoms with Gasteiger partial charge < -0.3 is 20.5 Å². The predicted octanol–water partition coefficient (Wildman–Crippen LogP) is 2.90. The van der Waals surface area contributed by atoms with Crippen LogP contribution in [0.1, 0.15) is 36.3 Å². The van der Waals surface area contributed by atoms with Gasteiger partial charge in [0, 0.05) is 24.8 Å². The van der Waals surface area contributed by atoms with Gasteiger partial charge in [0.1, 0.15) is 6.61 Å². The summed E-state index contributed by atoms with van der Waals surface area (Å²) in [6, 6.07) is 16.3. The van der Waals surface area contributed by atoms with Crippen molar-refractivity contribution in [2.75, 3.05) is 19.7 Å². The molecule has 0 bridgehead atoms. The van der Waals surface area contributed by atoms with E-state index in [1.54, 1.807) is 0 Å². The number of alkyl carbamates (subject to hydrolysis) is 1. The van der Waals surface area contributed by atoms with Gasteiger partial charge in [-0.25, -0.2) is 9.59 Å². The number of aliphatic carboxylic acids is 1. The van der Waals surface area contributed by atoms with Crippen LogP contribution in [0.3, 0.4) is 0 Å². The third-order valence-electron chi connectivity index (χ3n) is 5.01. The van der Waals surface area contributed by atoms with Gasteiger partial charge in [-0.3, -0.25) is 4.79 Å². The van der Waals surface area contributed by atoms with Crippen molar-refractivity contribution in [2.24, 2.45) is 0 Å². The summed E-state index contributed by atoms with van der Waals surface area (Å²) < 4.78 is 5.46. The molecule has 160 valence electrons. The number of unbranched alkanes of at least 4 members (excludes halogenated alkanes) is 1. The molecule has 0 aromatic heterocycles. The van der Waals surface area contributed by atoms with Crippen molar-refractivity contribution in [3.8, 4) is 23.0 Å². The second-order valence-electron chi connectivity index (χ2n) is 7.09. The van der Waals surface area contributed by atoms with Gasteiger partial charge in [-0.05, 0) is 35.1 Å². The van der Waals surface area contributed by atoms with Crippen LogP contribution in [0.25, 0.3) is 11.1 Å². The summed E-state index contributed by atoms with van der Waals surface area (Å²) in [5.74, 6) is 2.83. The highest BCUT2D eigenvalue weighted by atomic mass is 16.5. The SMILES string of the molecule is O=C(O)C#CCNC(=O)CCCCNC(=O)OCC1c2ccccc2-c2ccccc21. The summed E-state index contributed by atoms with van der Waals surface area (Å²) in [7, 11) is 0. The monoisotopic (exact) mass is 420 g/mol. The number of benzene rings is 2. The topological polar surface area (TPSA) is 105 Å². The van der Waals surface area contributed by atoms with Crippen molar-refractivity contribution in [2.45, 2.75) is 25.2 Å². The first kappa shape index (κ1) is 21.9.